The van der Waals surface area contributed by atoms with Crippen molar-refractivity contribution in [3.63, 3.8) is 0 Å². The van der Waals surface area contributed by atoms with E-state index in [9.17, 15) is 9.18 Å². The molecule has 1 atom stereocenters. The van der Waals surface area contributed by atoms with Gasteiger partial charge in [0.1, 0.15) is 0 Å². The monoisotopic (exact) mass is 296 g/mol. The predicted octanol–water partition coefficient (Wildman–Crippen LogP) is 1.22. The smallest absolute Gasteiger partial charge is 0.221 e. The number of morpholine rings is 1. The molecule has 1 amide bonds. The van der Waals surface area contributed by atoms with E-state index in [1.54, 1.807) is 19.1 Å². The van der Waals surface area contributed by atoms with Crippen LogP contribution in [0.2, 0.25) is 0 Å². The van der Waals surface area contributed by atoms with Gasteiger partial charge in [-0.3, -0.25) is 4.79 Å². The van der Waals surface area contributed by atoms with Crippen molar-refractivity contribution in [2.45, 2.75) is 25.9 Å². The lowest BCUT2D eigenvalue weighted by Gasteiger charge is -2.23. The molecule has 1 aliphatic heterocycles. The Morgan fingerprint density at radius 1 is 1.57 bits per heavy atom. The van der Waals surface area contributed by atoms with Gasteiger partial charge in [-0.2, -0.15) is 0 Å². The number of ether oxygens (including phenoxy) is 2. The van der Waals surface area contributed by atoms with E-state index in [1.807, 2.05) is 0 Å². The van der Waals surface area contributed by atoms with Gasteiger partial charge in [0, 0.05) is 25.6 Å². The molecule has 1 fully saturated rings. The number of halogens is 1. The molecule has 0 aliphatic carbocycles. The van der Waals surface area contributed by atoms with E-state index in [2.05, 4.69) is 10.6 Å². The minimum atomic E-state index is -0.411. The third-order valence-corrected chi connectivity index (χ3v) is 3.22. The summed E-state index contributed by atoms with van der Waals surface area (Å²) in [6.45, 7) is 4.52. The molecule has 5 nitrogen and oxygen atoms in total. The molecular weight excluding hydrogens is 275 g/mol. The quantitative estimate of drug-likeness (QED) is 0.828. The highest BCUT2D eigenvalue weighted by Gasteiger charge is 2.16. The lowest BCUT2D eigenvalue weighted by Crippen LogP contribution is -2.44. The van der Waals surface area contributed by atoms with Crippen molar-refractivity contribution in [2.75, 3.05) is 26.4 Å². The topological polar surface area (TPSA) is 59.6 Å². The van der Waals surface area contributed by atoms with Gasteiger partial charge in [-0.15, -0.1) is 0 Å². The molecule has 1 aromatic carbocycles. The summed E-state index contributed by atoms with van der Waals surface area (Å²) >= 11 is 0. The van der Waals surface area contributed by atoms with E-state index in [1.165, 1.54) is 6.07 Å². The van der Waals surface area contributed by atoms with Gasteiger partial charge in [0.2, 0.25) is 5.91 Å². The fourth-order valence-corrected chi connectivity index (χ4v) is 2.17. The zero-order valence-corrected chi connectivity index (χ0v) is 12.2. The summed E-state index contributed by atoms with van der Waals surface area (Å²) in [6.07, 6.45) is 0.361. The molecule has 1 aromatic rings. The Hall–Kier alpha value is -1.66. The number of nitrogens with one attached hydrogen (secondary N) is 2. The highest BCUT2D eigenvalue weighted by molar-refractivity contribution is 5.76. The summed E-state index contributed by atoms with van der Waals surface area (Å²) in [6, 6.07) is 4.76. The number of carbonyl (C=O) groups is 1. The van der Waals surface area contributed by atoms with Gasteiger partial charge < -0.3 is 20.1 Å². The summed E-state index contributed by atoms with van der Waals surface area (Å²) in [4.78, 5) is 11.8. The second-order valence-electron chi connectivity index (χ2n) is 4.90. The second-order valence-corrected chi connectivity index (χ2v) is 4.90. The molecular formula is C15H21FN2O3. The standard InChI is InChI=1S/C15H21FN2O3/c1-2-21-14-4-3-11(7-13(14)16)9-18-15(19)8-12-10-20-6-5-17-12/h3-4,7,12,17H,2,5-6,8-10H2,1H3,(H,18,19). The molecule has 2 N–H and O–H groups in total. The summed E-state index contributed by atoms with van der Waals surface area (Å²) < 4.78 is 24.1. The Labute approximate surface area is 123 Å². The van der Waals surface area contributed by atoms with Crippen molar-refractivity contribution < 1.29 is 18.7 Å². The van der Waals surface area contributed by atoms with Gasteiger partial charge in [0.15, 0.2) is 11.6 Å². The van der Waals surface area contributed by atoms with E-state index in [4.69, 9.17) is 9.47 Å². The van der Waals surface area contributed by atoms with Gasteiger partial charge in [0.05, 0.1) is 19.8 Å². The first-order valence-electron chi connectivity index (χ1n) is 7.18. The van der Waals surface area contributed by atoms with Crippen LogP contribution in [0, 0.1) is 5.82 Å². The summed E-state index contributed by atoms with van der Waals surface area (Å²) in [5.74, 6) is -0.255. The lowest BCUT2D eigenvalue weighted by molar-refractivity contribution is -0.122. The average Bonchev–Trinajstić information content (AvgIpc) is 2.49. The molecule has 1 unspecified atom stereocenters. The maximum atomic E-state index is 13.7. The third-order valence-electron chi connectivity index (χ3n) is 3.22. The second kappa shape index (κ2) is 7.95. The first kappa shape index (κ1) is 15.7. The van der Waals surface area contributed by atoms with Crippen molar-refractivity contribution in [3.8, 4) is 5.75 Å². The SMILES string of the molecule is CCOc1ccc(CNC(=O)CC2COCCN2)cc1F. The number of benzene rings is 1. The van der Waals surface area contributed by atoms with Crippen LogP contribution in [0.3, 0.4) is 0 Å². The third kappa shape index (κ3) is 4.99. The van der Waals surface area contributed by atoms with Crippen LogP contribution in [-0.2, 0) is 16.1 Å². The Bertz CT molecular complexity index is 476. The van der Waals surface area contributed by atoms with Crippen molar-refractivity contribution in [3.05, 3.63) is 29.6 Å². The highest BCUT2D eigenvalue weighted by atomic mass is 19.1. The predicted molar refractivity (Wildman–Crippen MR) is 76.6 cm³/mol. The van der Waals surface area contributed by atoms with E-state index in [0.717, 1.165) is 6.54 Å². The minimum absolute atomic E-state index is 0.0517. The van der Waals surface area contributed by atoms with Crippen LogP contribution in [0.1, 0.15) is 18.9 Å². The van der Waals surface area contributed by atoms with Crippen LogP contribution in [0.4, 0.5) is 4.39 Å². The molecule has 1 heterocycles. The highest BCUT2D eigenvalue weighted by Crippen LogP contribution is 2.18. The number of rotatable bonds is 6. The van der Waals surface area contributed by atoms with Crippen LogP contribution in [-0.4, -0.2) is 38.3 Å². The van der Waals surface area contributed by atoms with Crippen LogP contribution < -0.4 is 15.4 Å². The largest absolute Gasteiger partial charge is 0.491 e. The fourth-order valence-electron chi connectivity index (χ4n) is 2.17. The molecule has 0 radical (unpaired) electrons. The molecule has 0 saturated carbocycles. The molecule has 2 rings (SSSR count). The van der Waals surface area contributed by atoms with Crippen LogP contribution in [0.5, 0.6) is 5.75 Å². The molecule has 0 aromatic heterocycles. The average molecular weight is 296 g/mol. The molecule has 6 heteroatoms. The fraction of sp³-hybridized carbons (Fsp3) is 0.533. The summed E-state index contributed by atoms with van der Waals surface area (Å²) in [7, 11) is 0. The number of hydrogen-bond donors (Lipinski definition) is 2. The van der Waals surface area contributed by atoms with Crippen molar-refractivity contribution in [1.82, 2.24) is 10.6 Å². The zero-order chi connectivity index (χ0) is 15.1. The molecule has 0 spiro atoms. The normalized spacial score (nSPS) is 18.3. The van der Waals surface area contributed by atoms with Gasteiger partial charge in [-0.25, -0.2) is 4.39 Å². The first-order chi connectivity index (χ1) is 10.2. The minimum Gasteiger partial charge on any atom is -0.491 e. The Kier molecular flexibility index (Phi) is 5.95. The number of hydrogen-bond acceptors (Lipinski definition) is 4. The zero-order valence-electron chi connectivity index (χ0n) is 12.2. The number of carbonyl (C=O) groups excluding carboxylic acids is 1. The van der Waals surface area contributed by atoms with Crippen LogP contribution >= 0.6 is 0 Å². The van der Waals surface area contributed by atoms with Crippen molar-refractivity contribution in [2.24, 2.45) is 0 Å². The molecule has 0 bridgehead atoms. The first-order valence-corrected chi connectivity index (χ1v) is 7.18. The Balaban J connectivity index is 1.79. The maximum Gasteiger partial charge on any atom is 0.221 e. The lowest BCUT2D eigenvalue weighted by atomic mass is 10.1. The summed E-state index contributed by atoms with van der Waals surface area (Å²) in [5, 5.41) is 6.00. The number of amides is 1. The van der Waals surface area contributed by atoms with Gasteiger partial charge >= 0.3 is 0 Å². The molecule has 1 aliphatic rings. The van der Waals surface area contributed by atoms with E-state index >= 15 is 0 Å². The van der Waals surface area contributed by atoms with Gasteiger partial charge in [0.25, 0.3) is 0 Å². The van der Waals surface area contributed by atoms with Crippen LogP contribution in [0.15, 0.2) is 18.2 Å². The van der Waals surface area contributed by atoms with Crippen molar-refractivity contribution >= 4 is 5.91 Å². The van der Waals surface area contributed by atoms with E-state index in [-0.39, 0.29) is 17.7 Å². The van der Waals surface area contributed by atoms with Gasteiger partial charge in [-0.1, -0.05) is 6.07 Å². The Morgan fingerprint density at radius 2 is 2.43 bits per heavy atom. The Morgan fingerprint density at radius 3 is 3.10 bits per heavy atom. The maximum absolute atomic E-state index is 13.7. The molecule has 1 saturated heterocycles. The van der Waals surface area contributed by atoms with Crippen LogP contribution in [0.25, 0.3) is 0 Å². The van der Waals surface area contributed by atoms with Gasteiger partial charge in [-0.05, 0) is 24.6 Å². The van der Waals surface area contributed by atoms with Crippen molar-refractivity contribution in [1.29, 1.82) is 0 Å². The van der Waals surface area contributed by atoms with E-state index < -0.39 is 5.82 Å². The summed E-state index contributed by atoms with van der Waals surface area (Å²) in [5.41, 5.74) is 0.706. The van der Waals surface area contributed by atoms with E-state index in [0.29, 0.717) is 38.3 Å². The molecule has 116 valence electrons. The molecule has 21 heavy (non-hydrogen) atoms.